The lowest BCUT2D eigenvalue weighted by atomic mass is 10.2. The Balaban J connectivity index is 1.51. The highest BCUT2D eigenvalue weighted by Crippen LogP contribution is 2.40. The first kappa shape index (κ1) is 19.6. The van der Waals surface area contributed by atoms with Gasteiger partial charge in [-0.2, -0.15) is 0 Å². The Morgan fingerprint density at radius 2 is 1.87 bits per heavy atom. The largest absolute Gasteiger partial charge is 0.454 e. The number of halogens is 1. The van der Waals surface area contributed by atoms with Gasteiger partial charge in [0.25, 0.3) is 10.0 Å². The van der Waals surface area contributed by atoms with Crippen molar-refractivity contribution < 1.29 is 27.1 Å². The molecule has 1 N–H and O–H groups in total. The van der Waals surface area contributed by atoms with E-state index >= 15 is 0 Å². The molecule has 158 valence electrons. The number of ketones is 1. The summed E-state index contributed by atoms with van der Waals surface area (Å²) in [6.45, 7) is 0.0905. The van der Waals surface area contributed by atoms with Crippen LogP contribution >= 0.6 is 11.3 Å². The summed E-state index contributed by atoms with van der Waals surface area (Å²) in [7, 11) is -4.15. The van der Waals surface area contributed by atoms with E-state index < -0.39 is 21.6 Å². The zero-order chi connectivity index (χ0) is 21.6. The molecule has 0 fully saturated rings. The number of Topliss-reactive ketones (excluding diaryl/α,β-unsaturated/α-hetero) is 1. The Morgan fingerprint density at radius 3 is 2.68 bits per heavy atom. The van der Waals surface area contributed by atoms with Crippen molar-refractivity contribution in [3.05, 3.63) is 81.3 Å². The van der Waals surface area contributed by atoms with Gasteiger partial charge in [-0.1, -0.05) is 12.1 Å². The molecule has 0 amide bonds. The maximum Gasteiger partial charge on any atom is 0.270 e. The van der Waals surface area contributed by atoms with Crippen molar-refractivity contribution in [1.29, 1.82) is 0 Å². The quantitative estimate of drug-likeness (QED) is 0.593. The molecule has 7 nitrogen and oxygen atoms in total. The highest BCUT2D eigenvalue weighted by molar-refractivity contribution is 7.97. The molecular formula is C21H15FN2O5S2. The molecule has 0 unspecified atom stereocenters. The van der Waals surface area contributed by atoms with E-state index in [9.17, 15) is 17.6 Å². The maximum absolute atomic E-state index is 13.3. The Kier molecular flexibility index (Phi) is 4.67. The van der Waals surface area contributed by atoms with Crippen LogP contribution in [0, 0.1) is 5.82 Å². The smallest absolute Gasteiger partial charge is 0.270 e. The van der Waals surface area contributed by atoms with E-state index in [0.29, 0.717) is 33.3 Å². The van der Waals surface area contributed by atoms with E-state index in [0.717, 1.165) is 0 Å². The average molecular weight is 458 g/mol. The number of allylic oxidation sites excluding steroid dienone is 1. The predicted molar refractivity (Wildman–Crippen MR) is 114 cm³/mol. The molecule has 0 bridgehead atoms. The molecule has 3 aromatic rings. The van der Waals surface area contributed by atoms with Crippen LogP contribution in [0.25, 0.3) is 0 Å². The summed E-state index contributed by atoms with van der Waals surface area (Å²) in [4.78, 5) is 12.9. The van der Waals surface area contributed by atoms with Gasteiger partial charge in [0.2, 0.25) is 12.6 Å². The second kappa shape index (κ2) is 7.40. The van der Waals surface area contributed by atoms with Gasteiger partial charge < -0.3 is 14.8 Å². The van der Waals surface area contributed by atoms with Gasteiger partial charge in [0.15, 0.2) is 16.4 Å². The number of ether oxygens (including phenoxy) is 2. The van der Waals surface area contributed by atoms with Crippen LogP contribution in [-0.4, -0.2) is 21.0 Å². The van der Waals surface area contributed by atoms with Crippen molar-refractivity contribution in [2.24, 2.45) is 0 Å². The minimum atomic E-state index is -4.15. The van der Waals surface area contributed by atoms with Gasteiger partial charge in [0, 0.05) is 18.0 Å². The number of carbonyl (C=O) groups excluding carboxylic acids is 1. The first-order chi connectivity index (χ1) is 14.9. The van der Waals surface area contributed by atoms with Gasteiger partial charge in [-0.15, -0.1) is 11.3 Å². The molecule has 5 rings (SSSR count). The third kappa shape index (κ3) is 3.43. The zero-order valence-electron chi connectivity index (χ0n) is 15.9. The van der Waals surface area contributed by atoms with Crippen molar-refractivity contribution >= 4 is 38.5 Å². The molecule has 0 saturated heterocycles. The number of fused-ring (bicyclic) bond motifs is 2. The van der Waals surface area contributed by atoms with Crippen molar-refractivity contribution in [2.45, 2.75) is 6.54 Å². The number of hydrogen-bond donors (Lipinski definition) is 1. The van der Waals surface area contributed by atoms with Crippen LogP contribution in [0.3, 0.4) is 0 Å². The standard InChI is InChI=1S/C21H15FN2O5S2/c22-14-3-1-13(2-4-14)11-24-16-7-8-30-21(16)20(25)19(31(24,26)27)10-23-15-5-6-17-18(9-15)29-12-28-17/h1-10,23H,11-12H2. The maximum atomic E-state index is 13.3. The summed E-state index contributed by atoms with van der Waals surface area (Å²) >= 11 is 1.17. The highest BCUT2D eigenvalue weighted by atomic mass is 32.2. The van der Waals surface area contributed by atoms with Crippen molar-refractivity contribution in [1.82, 2.24) is 0 Å². The molecule has 2 aromatic carbocycles. The second-order valence-electron chi connectivity index (χ2n) is 6.82. The number of thiophene rings is 1. The molecule has 31 heavy (non-hydrogen) atoms. The van der Waals surface area contributed by atoms with Crippen LogP contribution in [0.1, 0.15) is 15.2 Å². The van der Waals surface area contributed by atoms with Gasteiger partial charge in [-0.05, 0) is 41.3 Å². The summed E-state index contributed by atoms with van der Waals surface area (Å²) < 4.78 is 51.7. The van der Waals surface area contributed by atoms with Crippen molar-refractivity contribution in [3.8, 4) is 11.5 Å². The molecule has 1 aromatic heterocycles. The third-order valence-corrected chi connectivity index (χ3v) is 7.56. The Bertz CT molecular complexity index is 1320. The van der Waals surface area contributed by atoms with Crippen LogP contribution in [-0.2, 0) is 16.6 Å². The van der Waals surface area contributed by atoms with Gasteiger partial charge in [0.1, 0.15) is 10.7 Å². The summed E-state index contributed by atoms with van der Waals surface area (Å²) in [5.41, 5.74) is 1.46. The fourth-order valence-electron chi connectivity index (χ4n) is 3.35. The van der Waals surface area contributed by atoms with Crippen LogP contribution in [0.2, 0.25) is 0 Å². The van der Waals surface area contributed by atoms with E-state index in [1.807, 2.05) is 0 Å². The van der Waals surface area contributed by atoms with E-state index in [-0.39, 0.29) is 18.2 Å². The first-order valence-electron chi connectivity index (χ1n) is 9.19. The fourth-order valence-corrected chi connectivity index (χ4v) is 5.83. The normalized spacial score (nSPS) is 17.6. The molecule has 3 heterocycles. The zero-order valence-corrected chi connectivity index (χ0v) is 17.5. The Morgan fingerprint density at radius 1 is 1.10 bits per heavy atom. The number of carbonyl (C=O) groups is 1. The Labute approximate surface area is 181 Å². The molecular weight excluding hydrogens is 443 g/mol. The number of nitrogens with zero attached hydrogens (tertiary/aromatic N) is 1. The second-order valence-corrected chi connectivity index (χ2v) is 9.57. The summed E-state index contributed by atoms with van der Waals surface area (Å²) in [5.74, 6) is 0.131. The number of hydrogen-bond acceptors (Lipinski definition) is 7. The lowest BCUT2D eigenvalue weighted by Gasteiger charge is -2.29. The summed E-state index contributed by atoms with van der Waals surface area (Å²) in [5, 5.41) is 4.55. The lowest BCUT2D eigenvalue weighted by molar-refractivity contribution is 0.104. The molecule has 0 saturated carbocycles. The topological polar surface area (TPSA) is 84.9 Å². The van der Waals surface area contributed by atoms with Gasteiger partial charge >= 0.3 is 0 Å². The van der Waals surface area contributed by atoms with Crippen molar-refractivity contribution in [2.75, 3.05) is 16.4 Å². The molecule has 0 atom stereocenters. The monoisotopic (exact) mass is 458 g/mol. The number of benzene rings is 2. The van der Waals surface area contributed by atoms with E-state index in [1.165, 1.54) is 46.1 Å². The average Bonchev–Trinajstić information content (AvgIpc) is 3.41. The van der Waals surface area contributed by atoms with Crippen LogP contribution < -0.4 is 19.1 Å². The minimum Gasteiger partial charge on any atom is -0.454 e. The third-order valence-electron chi connectivity index (χ3n) is 4.89. The molecule has 2 aliphatic heterocycles. The molecule has 10 heteroatoms. The number of sulfonamides is 1. The summed E-state index contributed by atoms with van der Waals surface area (Å²) in [6.07, 6.45) is 1.19. The van der Waals surface area contributed by atoms with E-state index in [1.54, 1.807) is 29.6 Å². The van der Waals surface area contributed by atoms with Crippen LogP contribution in [0.4, 0.5) is 15.8 Å². The summed E-state index contributed by atoms with van der Waals surface area (Å²) in [6, 6.07) is 12.2. The highest BCUT2D eigenvalue weighted by Gasteiger charge is 2.41. The van der Waals surface area contributed by atoms with Crippen molar-refractivity contribution in [3.63, 3.8) is 0 Å². The van der Waals surface area contributed by atoms with Crippen LogP contribution in [0.15, 0.2) is 65.0 Å². The minimum absolute atomic E-state index is 0.0268. The number of nitrogens with one attached hydrogen (secondary N) is 1. The first-order valence-corrected chi connectivity index (χ1v) is 11.5. The van der Waals surface area contributed by atoms with E-state index in [4.69, 9.17) is 9.47 Å². The van der Waals surface area contributed by atoms with Crippen LogP contribution in [0.5, 0.6) is 11.5 Å². The van der Waals surface area contributed by atoms with Gasteiger partial charge in [-0.25, -0.2) is 12.8 Å². The molecule has 0 radical (unpaired) electrons. The Hall–Kier alpha value is -3.37. The van der Waals surface area contributed by atoms with Gasteiger partial charge in [-0.3, -0.25) is 9.10 Å². The number of anilines is 2. The fraction of sp³-hybridized carbons (Fsp3) is 0.0952. The van der Waals surface area contributed by atoms with Gasteiger partial charge in [0.05, 0.1) is 12.2 Å². The predicted octanol–water partition coefficient (Wildman–Crippen LogP) is 4.10. The molecule has 2 aliphatic rings. The van der Waals surface area contributed by atoms with E-state index in [2.05, 4.69) is 5.32 Å². The molecule has 0 aliphatic carbocycles. The number of rotatable bonds is 4. The SMILES string of the molecule is O=C1C(=CNc2ccc3c(c2)OCO3)S(=O)(=O)N(Cc2ccc(F)cc2)c2ccsc21. The lowest BCUT2D eigenvalue weighted by Crippen LogP contribution is -2.38. The molecule has 0 spiro atoms.